The second-order valence-electron chi connectivity index (χ2n) is 2.71. The van der Waals surface area contributed by atoms with Gasteiger partial charge in [0.2, 0.25) is 0 Å². The highest BCUT2D eigenvalue weighted by Gasteiger charge is 1.93. The summed E-state index contributed by atoms with van der Waals surface area (Å²) < 4.78 is 0. The van der Waals surface area contributed by atoms with E-state index in [1.165, 1.54) is 38.7 Å². The second-order valence-corrected chi connectivity index (χ2v) is 2.71. The van der Waals surface area contributed by atoms with Crippen LogP contribution < -0.4 is 5.32 Å². The van der Waals surface area contributed by atoms with Crippen LogP contribution in [0.3, 0.4) is 0 Å². The summed E-state index contributed by atoms with van der Waals surface area (Å²) in [5.41, 5.74) is 0. The minimum absolute atomic E-state index is 1.25. The molecular weight excluding hydrogens is 150 g/mol. The fourth-order valence-electron chi connectivity index (χ4n) is 1.06. The molecule has 0 aromatic carbocycles. The van der Waals surface area contributed by atoms with Crippen LogP contribution in [0.25, 0.3) is 0 Å². The van der Waals surface area contributed by atoms with Crippen LogP contribution in [0.2, 0.25) is 0 Å². The van der Waals surface area contributed by atoms with Gasteiger partial charge in [0, 0.05) is 12.4 Å². The van der Waals surface area contributed by atoms with Crippen molar-refractivity contribution in [2.75, 3.05) is 13.1 Å². The van der Waals surface area contributed by atoms with Gasteiger partial charge >= 0.3 is 0 Å². The van der Waals surface area contributed by atoms with Gasteiger partial charge in [-0.05, 0) is 32.0 Å². The zero-order chi connectivity index (χ0) is 8.49. The van der Waals surface area contributed by atoms with Crippen molar-refractivity contribution in [2.45, 2.75) is 19.3 Å². The summed E-state index contributed by atoms with van der Waals surface area (Å²) in [5.74, 6) is 0. The van der Waals surface area contributed by atoms with Crippen molar-refractivity contribution < 1.29 is 0 Å². The van der Waals surface area contributed by atoms with Crippen LogP contribution in [0.4, 0.5) is 0 Å². The van der Waals surface area contributed by atoms with Crippen LogP contribution >= 0.6 is 0 Å². The monoisotopic (exact) mass is 165 g/mol. The lowest BCUT2D eigenvalue weighted by atomic mass is 10.2. The standard InChI is InChI=1S/C5H11N.C4H4N2/c1-2-4-6-5-3-1;1-2-5-4-6-3-1/h6H,1-5H2;1-4H. The van der Waals surface area contributed by atoms with Crippen molar-refractivity contribution >= 4 is 0 Å². The van der Waals surface area contributed by atoms with Gasteiger partial charge in [-0.25, -0.2) is 9.97 Å². The van der Waals surface area contributed by atoms with Gasteiger partial charge in [-0.2, -0.15) is 0 Å². The smallest absolute Gasteiger partial charge is 0.115 e. The number of piperidine rings is 1. The van der Waals surface area contributed by atoms with Gasteiger partial charge in [-0.1, -0.05) is 6.42 Å². The number of nitrogens with one attached hydrogen (secondary N) is 1. The molecule has 0 spiro atoms. The first-order valence-electron chi connectivity index (χ1n) is 4.41. The van der Waals surface area contributed by atoms with E-state index in [2.05, 4.69) is 15.3 Å². The lowest BCUT2D eigenvalue weighted by molar-refractivity contribution is 0.520. The molecule has 3 nitrogen and oxygen atoms in total. The summed E-state index contributed by atoms with van der Waals surface area (Å²) in [4.78, 5) is 7.35. The van der Waals surface area contributed by atoms with E-state index in [0.29, 0.717) is 0 Å². The van der Waals surface area contributed by atoms with Gasteiger partial charge in [0.15, 0.2) is 0 Å². The Hall–Kier alpha value is -0.960. The summed E-state index contributed by atoms with van der Waals surface area (Å²) in [5, 5.41) is 3.28. The molecule has 0 radical (unpaired) electrons. The number of hydrogen-bond donors (Lipinski definition) is 1. The molecule has 0 aliphatic carbocycles. The first kappa shape index (κ1) is 9.13. The van der Waals surface area contributed by atoms with E-state index in [0.717, 1.165) is 0 Å². The average molecular weight is 165 g/mol. The van der Waals surface area contributed by atoms with Crippen molar-refractivity contribution in [3.8, 4) is 0 Å². The molecular formula is C9H15N3. The SMILES string of the molecule is C1CCNCC1.c1cncnc1. The molecule has 0 amide bonds. The van der Waals surface area contributed by atoms with Gasteiger partial charge in [-0.15, -0.1) is 0 Å². The van der Waals surface area contributed by atoms with Crippen molar-refractivity contribution in [1.82, 2.24) is 15.3 Å². The number of aromatic nitrogens is 2. The lowest BCUT2D eigenvalue weighted by Crippen LogP contribution is -2.21. The highest BCUT2D eigenvalue weighted by Crippen LogP contribution is 1.96. The fourth-order valence-corrected chi connectivity index (χ4v) is 1.06. The molecule has 0 bridgehead atoms. The highest BCUT2D eigenvalue weighted by molar-refractivity contribution is 4.74. The maximum absolute atomic E-state index is 3.67. The van der Waals surface area contributed by atoms with Crippen LogP contribution in [0, 0.1) is 0 Å². The van der Waals surface area contributed by atoms with Gasteiger partial charge in [-0.3, -0.25) is 0 Å². The van der Waals surface area contributed by atoms with Crippen LogP contribution in [0.5, 0.6) is 0 Å². The molecule has 0 unspecified atom stereocenters. The zero-order valence-electron chi connectivity index (χ0n) is 7.24. The van der Waals surface area contributed by atoms with E-state index < -0.39 is 0 Å². The minimum Gasteiger partial charge on any atom is -0.317 e. The lowest BCUT2D eigenvalue weighted by Gasteiger charge is -2.08. The Labute approximate surface area is 73.2 Å². The van der Waals surface area contributed by atoms with Gasteiger partial charge in [0.05, 0.1) is 0 Å². The molecule has 1 fully saturated rings. The van der Waals surface area contributed by atoms with Crippen molar-refractivity contribution in [3.05, 3.63) is 24.8 Å². The van der Waals surface area contributed by atoms with E-state index in [4.69, 9.17) is 0 Å². The fraction of sp³-hybridized carbons (Fsp3) is 0.556. The first-order valence-corrected chi connectivity index (χ1v) is 4.41. The van der Waals surface area contributed by atoms with E-state index in [1.807, 2.05) is 0 Å². The first-order chi connectivity index (χ1) is 6.00. The molecule has 1 N–H and O–H groups in total. The molecule has 3 heteroatoms. The van der Waals surface area contributed by atoms with E-state index in [9.17, 15) is 0 Å². The third-order valence-electron chi connectivity index (χ3n) is 1.68. The van der Waals surface area contributed by atoms with Crippen LogP contribution in [-0.4, -0.2) is 23.1 Å². The molecule has 2 rings (SSSR count). The molecule has 12 heavy (non-hydrogen) atoms. The van der Waals surface area contributed by atoms with Crippen molar-refractivity contribution in [3.63, 3.8) is 0 Å². The van der Waals surface area contributed by atoms with Gasteiger partial charge < -0.3 is 5.32 Å². The summed E-state index contributed by atoms with van der Waals surface area (Å²) in [7, 11) is 0. The third kappa shape index (κ3) is 4.79. The topological polar surface area (TPSA) is 37.8 Å². The van der Waals surface area contributed by atoms with E-state index >= 15 is 0 Å². The Morgan fingerprint density at radius 2 is 1.58 bits per heavy atom. The number of hydrogen-bond acceptors (Lipinski definition) is 3. The summed E-state index contributed by atoms with van der Waals surface area (Å²) in [6.07, 6.45) is 9.09. The predicted molar refractivity (Wildman–Crippen MR) is 48.8 cm³/mol. The Kier molecular flexibility index (Phi) is 5.12. The Morgan fingerprint density at radius 3 is 1.75 bits per heavy atom. The van der Waals surface area contributed by atoms with Crippen LogP contribution in [0.1, 0.15) is 19.3 Å². The van der Waals surface area contributed by atoms with Crippen LogP contribution in [0.15, 0.2) is 24.8 Å². The van der Waals surface area contributed by atoms with E-state index in [-0.39, 0.29) is 0 Å². The molecule has 1 aliphatic rings. The summed E-state index contributed by atoms with van der Waals surface area (Å²) in [6, 6.07) is 1.78. The largest absolute Gasteiger partial charge is 0.317 e. The zero-order valence-corrected chi connectivity index (χ0v) is 7.24. The predicted octanol–water partition coefficient (Wildman–Crippen LogP) is 1.24. The molecule has 0 saturated carbocycles. The normalized spacial score (nSPS) is 16.0. The molecule has 1 aromatic rings. The molecule has 1 aliphatic heterocycles. The molecule has 1 aromatic heterocycles. The van der Waals surface area contributed by atoms with Crippen LogP contribution in [-0.2, 0) is 0 Å². The molecule has 0 atom stereocenters. The maximum atomic E-state index is 3.67. The Morgan fingerprint density at radius 1 is 0.917 bits per heavy atom. The number of nitrogens with zero attached hydrogens (tertiary/aromatic N) is 2. The Balaban J connectivity index is 0.000000120. The average Bonchev–Trinajstić information content (AvgIpc) is 2.24. The second kappa shape index (κ2) is 6.73. The van der Waals surface area contributed by atoms with Gasteiger partial charge in [0.25, 0.3) is 0 Å². The third-order valence-corrected chi connectivity index (χ3v) is 1.68. The van der Waals surface area contributed by atoms with Crippen molar-refractivity contribution in [2.24, 2.45) is 0 Å². The van der Waals surface area contributed by atoms with E-state index in [1.54, 1.807) is 18.5 Å². The quantitative estimate of drug-likeness (QED) is 0.628. The Bertz CT molecular complexity index is 134. The maximum Gasteiger partial charge on any atom is 0.115 e. The summed E-state index contributed by atoms with van der Waals surface area (Å²) in [6.45, 7) is 2.50. The van der Waals surface area contributed by atoms with Crippen molar-refractivity contribution in [1.29, 1.82) is 0 Å². The summed E-state index contributed by atoms with van der Waals surface area (Å²) >= 11 is 0. The minimum atomic E-state index is 1.25. The number of rotatable bonds is 0. The highest BCUT2D eigenvalue weighted by atomic mass is 14.9. The molecule has 66 valence electrons. The molecule has 1 saturated heterocycles. The van der Waals surface area contributed by atoms with Gasteiger partial charge in [0.1, 0.15) is 6.33 Å². The molecule has 2 heterocycles.